The van der Waals surface area contributed by atoms with Gasteiger partial charge in [-0.15, -0.1) is 0 Å². The van der Waals surface area contributed by atoms with Crippen LogP contribution in [0.5, 0.6) is 0 Å². The smallest absolute Gasteiger partial charge is 0.227 e. The summed E-state index contributed by atoms with van der Waals surface area (Å²) < 4.78 is 14.3. The van der Waals surface area contributed by atoms with Crippen LogP contribution in [-0.2, 0) is 0 Å². The molecule has 8 heteroatoms. The van der Waals surface area contributed by atoms with E-state index in [-0.39, 0.29) is 5.82 Å². The quantitative estimate of drug-likeness (QED) is 0.668. The van der Waals surface area contributed by atoms with E-state index in [0.29, 0.717) is 29.8 Å². The van der Waals surface area contributed by atoms with Crippen molar-refractivity contribution in [2.75, 3.05) is 23.8 Å². The second-order valence-corrected chi connectivity index (χ2v) is 7.04. The highest BCUT2D eigenvalue weighted by molar-refractivity contribution is 5.91. The Labute approximate surface area is 150 Å². The van der Waals surface area contributed by atoms with E-state index >= 15 is 0 Å². The van der Waals surface area contributed by atoms with Gasteiger partial charge in [-0.1, -0.05) is 12.1 Å². The Hall–Kier alpha value is -2.74. The lowest BCUT2D eigenvalue weighted by molar-refractivity contribution is 0.411. The lowest BCUT2D eigenvalue weighted by Gasteiger charge is -2.31. The van der Waals surface area contributed by atoms with Crippen molar-refractivity contribution < 1.29 is 4.39 Å². The molecule has 0 radical (unpaired) electrons. The van der Waals surface area contributed by atoms with Gasteiger partial charge in [-0.2, -0.15) is 10.1 Å². The maximum atomic E-state index is 14.3. The Morgan fingerprint density at radius 3 is 2.92 bits per heavy atom. The van der Waals surface area contributed by atoms with E-state index in [1.807, 2.05) is 31.3 Å². The van der Waals surface area contributed by atoms with E-state index in [1.54, 1.807) is 0 Å². The minimum absolute atomic E-state index is 0.153. The minimum atomic E-state index is -0.488. The molecule has 3 N–H and O–H groups in total. The summed E-state index contributed by atoms with van der Waals surface area (Å²) in [5.74, 6) is 1.40. The Kier molecular flexibility index (Phi) is 3.53. The molecule has 26 heavy (non-hydrogen) atoms. The summed E-state index contributed by atoms with van der Waals surface area (Å²) in [5, 5.41) is 14.5. The van der Waals surface area contributed by atoms with Crippen molar-refractivity contribution in [3.05, 3.63) is 36.3 Å². The van der Waals surface area contributed by atoms with Crippen molar-refractivity contribution in [2.45, 2.75) is 24.9 Å². The largest absolute Gasteiger partial charge is 0.337 e. The van der Waals surface area contributed by atoms with Crippen LogP contribution in [0.3, 0.4) is 0 Å². The van der Waals surface area contributed by atoms with Crippen molar-refractivity contribution >= 4 is 28.5 Å². The average molecular weight is 353 g/mol. The number of anilines is 3. The van der Waals surface area contributed by atoms with E-state index in [9.17, 15) is 4.39 Å². The second kappa shape index (κ2) is 5.91. The lowest BCUT2D eigenvalue weighted by Crippen LogP contribution is -2.43. The molecule has 1 saturated heterocycles. The van der Waals surface area contributed by atoms with Crippen LogP contribution in [0.2, 0.25) is 0 Å². The molecular weight excluding hydrogens is 333 g/mol. The van der Waals surface area contributed by atoms with Crippen LogP contribution in [0.25, 0.3) is 10.9 Å². The van der Waals surface area contributed by atoms with Crippen LogP contribution in [0, 0.1) is 11.7 Å². The highest BCUT2D eigenvalue weighted by Gasteiger charge is 2.45. The summed E-state index contributed by atoms with van der Waals surface area (Å²) in [6.45, 7) is 0.909. The third-order valence-electron chi connectivity index (χ3n) is 5.61. The van der Waals surface area contributed by atoms with Crippen molar-refractivity contribution in [3.8, 4) is 0 Å². The number of aromatic nitrogens is 4. The number of piperidine rings is 1. The number of nitrogens with zero attached hydrogens (tertiary/aromatic N) is 4. The van der Waals surface area contributed by atoms with Gasteiger partial charge in [0.05, 0.1) is 11.7 Å². The molecule has 1 aromatic carbocycles. The fourth-order valence-electron chi connectivity index (χ4n) is 4.31. The summed E-state index contributed by atoms with van der Waals surface area (Å²) in [6, 6.07) is 8.68. The normalized spacial score (nSPS) is 24.5. The van der Waals surface area contributed by atoms with E-state index < -0.39 is 5.82 Å². The average Bonchev–Trinajstić information content (AvgIpc) is 3.37. The van der Waals surface area contributed by atoms with Gasteiger partial charge >= 0.3 is 0 Å². The van der Waals surface area contributed by atoms with Gasteiger partial charge in [0.2, 0.25) is 5.95 Å². The number of hydrogen-bond donors (Lipinski definition) is 3. The van der Waals surface area contributed by atoms with Crippen molar-refractivity contribution in [1.82, 2.24) is 25.5 Å². The molecule has 3 unspecified atom stereocenters. The van der Waals surface area contributed by atoms with Gasteiger partial charge in [-0.25, -0.2) is 9.37 Å². The Morgan fingerprint density at radius 1 is 1.23 bits per heavy atom. The van der Waals surface area contributed by atoms with Gasteiger partial charge in [0, 0.05) is 24.0 Å². The molecule has 7 nitrogen and oxygen atoms in total. The zero-order chi connectivity index (χ0) is 17.7. The van der Waals surface area contributed by atoms with Crippen LogP contribution in [0.15, 0.2) is 30.5 Å². The predicted molar refractivity (Wildman–Crippen MR) is 98.1 cm³/mol. The number of halogens is 1. The number of hydrogen-bond acceptors (Lipinski definition) is 6. The summed E-state index contributed by atoms with van der Waals surface area (Å²) in [4.78, 5) is 10.9. The molecule has 2 aromatic heterocycles. The summed E-state index contributed by atoms with van der Waals surface area (Å²) in [5.41, 5.74) is 0.889. The highest BCUT2D eigenvalue weighted by atomic mass is 19.1. The molecule has 3 aromatic rings. The molecule has 1 saturated carbocycles. The zero-order valence-electron chi connectivity index (χ0n) is 14.4. The first-order valence-electron chi connectivity index (χ1n) is 8.89. The number of para-hydroxylation sites is 1. The molecule has 2 bridgehead atoms. The van der Waals surface area contributed by atoms with Crippen LogP contribution in [-0.4, -0.2) is 45.8 Å². The molecule has 3 atom stereocenters. The number of fused-ring (bicyclic) bond motifs is 3. The monoisotopic (exact) mass is 353 g/mol. The predicted octanol–water partition coefficient (Wildman–Crippen LogP) is 2.42. The number of H-pyrrole nitrogens is 1. The van der Waals surface area contributed by atoms with Crippen LogP contribution < -0.4 is 15.5 Å². The molecular formula is C18H20FN7. The maximum absolute atomic E-state index is 14.3. The molecule has 3 heterocycles. The van der Waals surface area contributed by atoms with Gasteiger partial charge in [0.25, 0.3) is 0 Å². The first-order chi connectivity index (χ1) is 12.7. The van der Waals surface area contributed by atoms with E-state index in [4.69, 9.17) is 0 Å². The van der Waals surface area contributed by atoms with E-state index in [0.717, 1.165) is 30.3 Å². The standard InChI is InChI=1S/C18H20FN7/c1-20-15-7-11-6-10(15)9-26(11)18-21-8-13(19)17(23-18)22-16-12-4-2-3-5-14(12)24-25-16/h2-5,8,10-11,15,20H,6-7,9H2,1H3,(H2,21,22,23,24,25). The number of rotatable bonds is 4. The highest BCUT2D eigenvalue weighted by Crippen LogP contribution is 2.39. The third kappa shape index (κ3) is 2.40. The molecule has 0 spiro atoms. The van der Waals surface area contributed by atoms with Crippen molar-refractivity contribution in [1.29, 1.82) is 0 Å². The van der Waals surface area contributed by atoms with Gasteiger partial charge in [0.15, 0.2) is 17.5 Å². The Bertz CT molecular complexity index is 956. The molecule has 1 aliphatic heterocycles. The van der Waals surface area contributed by atoms with E-state index in [2.05, 4.69) is 35.7 Å². The van der Waals surface area contributed by atoms with Gasteiger partial charge in [-0.05, 0) is 37.9 Å². The summed E-state index contributed by atoms with van der Waals surface area (Å²) >= 11 is 0. The fraction of sp³-hybridized carbons (Fsp3) is 0.389. The van der Waals surface area contributed by atoms with Gasteiger partial charge in [-0.3, -0.25) is 5.10 Å². The number of nitrogens with one attached hydrogen (secondary N) is 3. The number of aromatic amines is 1. The number of benzene rings is 1. The summed E-state index contributed by atoms with van der Waals surface area (Å²) in [7, 11) is 2.01. The Morgan fingerprint density at radius 2 is 2.12 bits per heavy atom. The molecule has 5 rings (SSSR count). The van der Waals surface area contributed by atoms with Gasteiger partial charge in [0.1, 0.15) is 0 Å². The maximum Gasteiger partial charge on any atom is 0.227 e. The fourth-order valence-corrected chi connectivity index (χ4v) is 4.31. The van der Waals surface area contributed by atoms with Crippen molar-refractivity contribution in [2.24, 2.45) is 5.92 Å². The van der Waals surface area contributed by atoms with E-state index in [1.165, 1.54) is 6.20 Å². The first kappa shape index (κ1) is 15.5. The summed E-state index contributed by atoms with van der Waals surface area (Å²) in [6.07, 6.45) is 3.45. The van der Waals surface area contributed by atoms with Crippen LogP contribution in [0.4, 0.5) is 22.0 Å². The zero-order valence-corrected chi connectivity index (χ0v) is 14.4. The van der Waals surface area contributed by atoms with Gasteiger partial charge < -0.3 is 15.5 Å². The minimum Gasteiger partial charge on any atom is -0.337 e. The Balaban J connectivity index is 1.43. The second-order valence-electron chi connectivity index (χ2n) is 7.04. The third-order valence-corrected chi connectivity index (χ3v) is 5.61. The molecule has 1 aliphatic carbocycles. The molecule has 2 fully saturated rings. The topological polar surface area (TPSA) is 81.8 Å². The van der Waals surface area contributed by atoms with Crippen LogP contribution >= 0.6 is 0 Å². The SMILES string of the molecule is CNC1CC2CC1CN2c1ncc(F)c(Nc2n[nH]c3ccccc23)n1. The first-order valence-corrected chi connectivity index (χ1v) is 8.89. The van der Waals surface area contributed by atoms with Crippen LogP contribution in [0.1, 0.15) is 12.8 Å². The van der Waals surface area contributed by atoms with Crippen molar-refractivity contribution in [3.63, 3.8) is 0 Å². The lowest BCUT2D eigenvalue weighted by atomic mass is 10.0. The molecule has 134 valence electrons. The molecule has 0 amide bonds. The molecule has 2 aliphatic rings.